The summed E-state index contributed by atoms with van der Waals surface area (Å²) in [6, 6.07) is 14.9. The molecule has 0 aliphatic heterocycles. The number of amides is 1. The summed E-state index contributed by atoms with van der Waals surface area (Å²) in [7, 11) is 1.49. The number of carbonyl (C=O) groups is 2. The van der Waals surface area contributed by atoms with Gasteiger partial charge in [-0.2, -0.15) is 0 Å². The van der Waals surface area contributed by atoms with E-state index in [2.05, 4.69) is 15.9 Å². The van der Waals surface area contributed by atoms with Crippen molar-refractivity contribution in [2.75, 3.05) is 20.3 Å². The first kappa shape index (κ1) is 19.9. The first-order valence-corrected chi connectivity index (χ1v) is 8.77. The number of nitrogens with zero attached hydrogens (tertiary/aromatic N) is 1. The van der Waals surface area contributed by atoms with E-state index in [1.165, 1.54) is 7.11 Å². The second-order valence-electron chi connectivity index (χ2n) is 5.49. The lowest BCUT2D eigenvalue weighted by molar-refractivity contribution is -0.143. The number of carbonyl (C=O) groups excluding carboxylic acids is 1. The van der Waals surface area contributed by atoms with Gasteiger partial charge in [0.1, 0.15) is 6.61 Å². The Morgan fingerprint density at radius 2 is 1.77 bits per heavy atom. The van der Waals surface area contributed by atoms with Gasteiger partial charge in [0.05, 0.1) is 6.61 Å². The van der Waals surface area contributed by atoms with Gasteiger partial charge in [-0.15, -0.1) is 0 Å². The summed E-state index contributed by atoms with van der Waals surface area (Å²) in [4.78, 5) is 25.7. The molecule has 1 unspecified atom stereocenters. The molecular weight excluding hydrogens is 402 g/mol. The van der Waals surface area contributed by atoms with Crippen molar-refractivity contribution in [3.63, 3.8) is 0 Å². The summed E-state index contributed by atoms with van der Waals surface area (Å²) in [5.41, 5.74) is 1.29. The average Bonchev–Trinajstić information content (AvgIpc) is 2.64. The molecule has 7 heteroatoms. The third-order valence-electron chi connectivity index (χ3n) is 3.72. The molecular formula is C19H20BrNO5. The Hall–Kier alpha value is -2.38. The van der Waals surface area contributed by atoms with Crippen molar-refractivity contribution < 1.29 is 24.2 Å². The van der Waals surface area contributed by atoms with Crippen LogP contribution in [0.3, 0.4) is 0 Å². The number of methoxy groups -OCH3 is 1. The zero-order valence-electron chi connectivity index (χ0n) is 14.3. The number of carboxylic acid groups (broad SMARTS) is 1. The Labute approximate surface area is 160 Å². The zero-order chi connectivity index (χ0) is 18.9. The largest absolute Gasteiger partial charge is 0.479 e. The van der Waals surface area contributed by atoms with Crippen molar-refractivity contribution in [2.45, 2.75) is 12.6 Å². The molecule has 0 saturated heterocycles. The monoisotopic (exact) mass is 421 g/mol. The fourth-order valence-electron chi connectivity index (χ4n) is 2.45. The van der Waals surface area contributed by atoms with E-state index in [0.717, 1.165) is 10.5 Å². The number of halogens is 1. The van der Waals surface area contributed by atoms with Gasteiger partial charge in [-0.25, -0.2) is 9.59 Å². The van der Waals surface area contributed by atoms with Gasteiger partial charge in [-0.3, -0.25) is 4.90 Å². The number of aliphatic carboxylic acids is 1. The molecule has 6 nitrogen and oxygen atoms in total. The van der Waals surface area contributed by atoms with Crippen molar-refractivity contribution in [1.82, 2.24) is 4.90 Å². The number of benzene rings is 2. The Morgan fingerprint density at radius 1 is 1.12 bits per heavy atom. The number of rotatable bonds is 8. The van der Waals surface area contributed by atoms with E-state index in [0.29, 0.717) is 10.0 Å². The minimum absolute atomic E-state index is 0.0610. The highest BCUT2D eigenvalue weighted by atomic mass is 79.9. The Kier molecular flexibility index (Phi) is 7.62. The van der Waals surface area contributed by atoms with E-state index in [1.807, 2.05) is 30.3 Å². The number of hydrogen-bond acceptors (Lipinski definition) is 4. The lowest BCUT2D eigenvalue weighted by Gasteiger charge is -2.29. The van der Waals surface area contributed by atoms with E-state index in [9.17, 15) is 14.7 Å². The molecule has 0 aliphatic rings. The Morgan fingerprint density at radius 3 is 2.38 bits per heavy atom. The van der Waals surface area contributed by atoms with Crippen molar-refractivity contribution in [2.24, 2.45) is 0 Å². The van der Waals surface area contributed by atoms with Gasteiger partial charge in [0.15, 0.2) is 6.04 Å². The van der Waals surface area contributed by atoms with Crippen molar-refractivity contribution in [1.29, 1.82) is 0 Å². The van der Waals surface area contributed by atoms with Gasteiger partial charge in [0.2, 0.25) is 0 Å². The molecule has 1 N–H and O–H groups in total. The highest BCUT2D eigenvalue weighted by Crippen LogP contribution is 2.29. The number of ether oxygens (including phenoxy) is 2. The molecule has 0 radical (unpaired) electrons. The average molecular weight is 422 g/mol. The molecule has 0 heterocycles. The van der Waals surface area contributed by atoms with Crippen molar-refractivity contribution >= 4 is 28.0 Å². The molecule has 0 aliphatic carbocycles. The smallest absolute Gasteiger partial charge is 0.411 e. The van der Waals surface area contributed by atoms with Crippen LogP contribution in [0.5, 0.6) is 0 Å². The lowest BCUT2D eigenvalue weighted by atomic mass is 10.1. The molecule has 0 bridgehead atoms. The maximum Gasteiger partial charge on any atom is 0.411 e. The quantitative estimate of drug-likeness (QED) is 0.699. The third-order valence-corrected chi connectivity index (χ3v) is 4.44. The minimum atomic E-state index is -1.19. The summed E-state index contributed by atoms with van der Waals surface area (Å²) in [6.45, 7) is 0.336. The van der Waals surface area contributed by atoms with Crippen LogP contribution < -0.4 is 0 Å². The molecule has 2 aromatic rings. The fraction of sp³-hybridized carbons (Fsp3) is 0.263. The third kappa shape index (κ3) is 5.31. The fourth-order valence-corrected chi connectivity index (χ4v) is 2.95. The molecule has 2 aromatic carbocycles. The van der Waals surface area contributed by atoms with E-state index < -0.39 is 18.1 Å². The van der Waals surface area contributed by atoms with Crippen LogP contribution in [0.1, 0.15) is 17.2 Å². The molecule has 0 spiro atoms. The molecule has 26 heavy (non-hydrogen) atoms. The maximum absolute atomic E-state index is 12.6. The SMILES string of the molecule is COCCN(C(=O)OCc1ccccc1)C(C(=O)O)c1ccccc1Br. The van der Waals surface area contributed by atoms with Crippen LogP contribution >= 0.6 is 15.9 Å². The summed E-state index contributed by atoms with van der Waals surface area (Å²) in [5.74, 6) is -1.15. The van der Waals surface area contributed by atoms with Crippen LogP contribution in [0, 0.1) is 0 Å². The van der Waals surface area contributed by atoms with Crippen molar-refractivity contribution in [3.05, 3.63) is 70.2 Å². The Balaban J connectivity index is 2.23. The van der Waals surface area contributed by atoms with E-state index in [-0.39, 0.29) is 19.8 Å². The summed E-state index contributed by atoms with van der Waals surface area (Å²) in [6.07, 6.45) is -0.714. The van der Waals surface area contributed by atoms with Crippen LogP contribution in [0.25, 0.3) is 0 Å². The first-order chi connectivity index (χ1) is 12.5. The molecule has 0 saturated carbocycles. The van der Waals surface area contributed by atoms with Gasteiger partial charge in [0.25, 0.3) is 0 Å². The Bertz CT molecular complexity index is 738. The molecule has 138 valence electrons. The van der Waals surface area contributed by atoms with Gasteiger partial charge in [-0.1, -0.05) is 64.5 Å². The van der Waals surface area contributed by atoms with Gasteiger partial charge >= 0.3 is 12.1 Å². The topological polar surface area (TPSA) is 76.1 Å². The molecule has 0 fully saturated rings. The molecule has 1 amide bonds. The second-order valence-corrected chi connectivity index (χ2v) is 6.34. The highest BCUT2D eigenvalue weighted by Gasteiger charge is 2.33. The predicted octanol–water partition coefficient (Wildman–Crippen LogP) is 3.86. The zero-order valence-corrected chi connectivity index (χ0v) is 15.9. The lowest BCUT2D eigenvalue weighted by Crippen LogP contribution is -2.41. The minimum Gasteiger partial charge on any atom is -0.479 e. The summed E-state index contributed by atoms with van der Waals surface area (Å²) in [5, 5.41) is 9.74. The van der Waals surface area contributed by atoms with Gasteiger partial charge < -0.3 is 14.6 Å². The van der Waals surface area contributed by atoms with Crippen LogP contribution in [0.2, 0.25) is 0 Å². The molecule has 2 rings (SSSR count). The van der Waals surface area contributed by atoms with Crippen LogP contribution in [-0.4, -0.2) is 42.3 Å². The standard InChI is InChI=1S/C19H20BrNO5/c1-25-12-11-21(19(24)26-13-14-7-3-2-4-8-14)17(18(22)23)15-9-5-6-10-16(15)20/h2-10,17H,11-13H2,1H3,(H,22,23). The first-order valence-electron chi connectivity index (χ1n) is 7.98. The highest BCUT2D eigenvalue weighted by molar-refractivity contribution is 9.10. The van der Waals surface area contributed by atoms with E-state index in [1.54, 1.807) is 24.3 Å². The van der Waals surface area contributed by atoms with Gasteiger partial charge in [-0.05, 0) is 11.6 Å². The number of hydrogen-bond donors (Lipinski definition) is 1. The van der Waals surface area contributed by atoms with Crippen molar-refractivity contribution in [3.8, 4) is 0 Å². The van der Waals surface area contributed by atoms with Gasteiger partial charge in [0, 0.05) is 23.7 Å². The van der Waals surface area contributed by atoms with Crippen LogP contribution in [-0.2, 0) is 20.9 Å². The molecule has 0 aromatic heterocycles. The van der Waals surface area contributed by atoms with Crippen LogP contribution in [0.15, 0.2) is 59.1 Å². The molecule has 1 atom stereocenters. The van der Waals surface area contributed by atoms with Crippen LogP contribution in [0.4, 0.5) is 4.79 Å². The summed E-state index contributed by atoms with van der Waals surface area (Å²) >= 11 is 3.35. The second kappa shape index (κ2) is 9.94. The normalized spacial score (nSPS) is 11.6. The maximum atomic E-state index is 12.6. The number of carboxylic acids is 1. The summed E-state index contributed by atoms with van der Waals surface area (Å²) < 4.78 is 11.0. The van der Waals surface area contributed by atoms with E-state index >= 15 is 0 Å². The van der Waals surface area contributed by atoms with E-state index in [4.69, 9.17) is 9.47 Å². The predicted molar refractivity (Wildman–Crippen MR) is 99.7 cm³/mol.